The van der Waals surface area contributed by atoms with Crippen molar-refractivity contribution >= 4 is 39.3 Å². The minimum Gasteiger partial charge on any atom is -0.473 e. The molecule has 3 rings (SSSR count). The largest absolute Gasteiger partial charge is 0.473 e. The lowest BCUT2D eigenvalue weighted by molar-refractivity contribution is 0.259. The third-order valence-electron chi connectivity index (χ3n) is 4.33. The van der Waals surface area contributed by atoms with Gasteiger partial charge in [-0.1, -0.05) is 55.1 Å². The van der Waals surface area contributed by atoms with Crippen LogP contribution in [0.15, 0.2) is 29.4 Å². The molecule has 0 radical (unpaired) electrons. The number of hydrogen-bond acceptors (Lipinski definition) is 8. The summed E-state index contributed by atoms with van der Waals surface area (Å²) in [7, 11) is 1.56. The minimum atomic E-state index is -0.250. The average molecular weight is 437 g/mol. The summed E-state index contributed by atoms with van der Waals surface area (Å²) in [4.78, 5) is 13.6. The van der Waals surface area contributed by atoms with Crippen molar-refractivity contribution in [1.29, 1.82) is 0 Å². The summed E-state index contributed by atoms with van der Waals surface area (Å²) < 4.78 is 20.2. The van der Waals surface area contributed by atoms with Gasteiger partial charge in [-0.3, -0.25) is 0 Å². The maximum atomic E-state index is 14.1. The molecule has 156 valence electrons. The molecule has 0 amide bonds. The number of thiazole rings is 1. The summed E-state index contributed by atoms with van der Waals surface area (Å²) in [5.41, 5.74) is 1.12. The van der Waals surface area contributed by atoms with E-state index in [-0.39, 0.29) is 23.7 Å². The van der Waals surface area contributed by atoms with Crippen LogP contribution in [0, 0.1) is 11.7 Å². The maximum Gasteiger partial charge on any atom is 0.275 e. The lowest BCUT2D eigenvalue weighted by Gasteiger charge is -2.19. The minimum absolute atomic E-state index is 0.00623. The number of hydrogen-bond donors (Lipinski definition) is 2. The Labute approximate surface area is 178 Å². The van der Waals surface area contributed by atoms with E-state index in [0.717, 1.165) is 11.1 Å². The van der Waals surface area contributed by atoms with Gasteiger partial charge in [0.15, 0.2) is 16.6 Å². The van der Waals surface area contributed by atoms with E-state index in [2.05, 4.69) is 34.1 Å². The van der Waals surface area contributed by atoms with E-state index in [1.165, 1.54) is 29.2 Å². The Balaban J connectivity index is 1.94. The first kappa shape index (κ1) is 21.7. The second kappa shape index (κ2) is 9.69. The molecule has 2 N–H and O–H groups in total. The Morgan fingerprint density at radius 3 is 2.62 bits per heavy atom. The molecular weight excluding hydrogens is 411 g/mol. The van der Waals surface area contributed by atoms with Crippen LogP contribution in [0.2, 0.25) is 0 Å². The zero-order valence-corrected chi connectivity index (χ0v) is 18.5. The molecule has 6 nitrogen and oxygen atoms in total. The molecule has 0 saturated carbocycles. The third-order valence-corrected chi connectivity index (χ3v) is 6.34. The van der Waals surface area contributed by atoms with E-state index in [1.807, 2.05) is 13.0 Å². The van der Waals surface area contributed by atoms with Gasteiger partial charge in [0.2, 0.25) is 0 Å². The Bertz CT molecular complexity index is 967. The fraction of sp³-hybridized carbons (Fsp3) is 0.450. The lowest BCUT2D eigenvalue weighted by Crippen LogP contribution is -2.26. The summed E-state index contributed by atoms with van der Waals surface area (Å²) in [5.74, 6) is 0.779. The van der Waals surface area contributed by atoms with Gasteiger partial charge in [0.25, 0.3) is 5.19 Å². The fourth-order valence-electron chi connectivity index (χ4n) is 2.99. The van der Waals surface area contributed by atoms with Gasteiger partial charge in [-0.2, -0.15) is 4.98 Å². The molecule has 2 atom stereocenters. The number of aliphatic hydroxyl groups excluding tert-OH is 1. The van der Waals surface area contributed by atoms with Crippen molar-refractivity contribution in [3.05, 3.63) is 35.6 Å². The quantitative estimate of drug-likeness (QED) is 0.364. The maximum absolute atomic E-state index is 14.1. The molecule has 9 heteroatoms. The van der Waals surface area contributed by atoms with E-state index >= 15 is 0 Å². The molecule has 0 unspecified atom stereocenters. The van der Waals surface area contributed by atoms with Gasteiger partial charge in [-0.25, -0.2) is 14.4 Å². The van der Waals surface area contributed by atoms with Gasteiger partial charge in [0, 0.05) is 10.8 Å². The SMILES string of the molecule is COc1nc2nc(S[C@@H](C)c3ccccc3F)nc(N[C@@H](CO)CC(C)C)c2s1. The standard InChI is InChI=1S/C20H25FN4O2S2/c1-11(2)9-13(10-26)22-17-16-18(25-20(27-4)29-16)24-19(23-17)28-12(3)14-7-5-6-8-15(14)21/h5-8,11-13,26H,9-10H2,1-4H3,(H,22,23,24)/t12-,13+/m0/s1. The predicted molar refractivity (Wildman–Crippen MR) is 116 cm³/mol. The number of nitrogens with zero attached hydrogens (tertiary/aromatic N) is 3. The predicted octanol–water partition coefficient (Wildman–Crippen LogP) is 4.91. The molecule has 29 heavy (non-hydrogen) atoms. The van der Waals surface area contributed by atoms with Crippen LogP contribution in [0.4, 0.5) is 10.2 Å². The lowest BCUT2D eigenvalue weighted by atomic mass is 10.0. The number of methoxy groups -OCH3 is 1. The van der Waals surface area contributed by atoms with Crippen molar-refractivity contribution in [2.24, 2.45) is 5.92 Å². The van der Waals surface area contributed by atoms with E-state index in [1.54, 1.807) is 19.2 Å². The molecule has 0 aliphatic heterocycles. The zero-order valence-electron chi connectivity index (χ0n) is 16.8. The number of aromatic nitrogens is 3. The van der Waals surface area contributed by atoms with Crippen molar-refractivity contribution in [1.82, 2.24) is 15.0 Å². The van der Waals surface area contributed by atoms with E-state index in [4.69, 9.17) is 4.74 Å². The van der Waals surface area contributed by atoms with E-state index in [0.29, 0.717) is 33.3 Å². The summed E-state index contributed by atoms with van der Waals surface area (Å²) >= 11 is 2.71. The number of thioether (sulfide) groups is 1. The number of aliphatic hydroxyl groups is 1. The Kier molecular flexibility index (Phi) is 7.26. The smallest absolute Gasteiger partial charge is 0.275 e. The molecule has 3 aromatic rings. The number of anilines is 1. The molecule has 0 spiro atoms. The Morgan fingerprint density at radius 1 is 1.21 bits per heavy atom. The van der Waals surface area contributed by atoms with Crippen LogP contribution in [0.25, 0.3) is 10.3 Å². The molecular formula is C20H25FN4O2S2. The highest BCUT2D eigenvalue weighted by Gasteiger charge is 2.20. The van der Waals surface area contributed by atoms with E-state index in [9.17, 15) is 9.50 Å². The van der Waals surface area contributed by atoms with Gasteiger partial charge in [-0.15, -0.1) is 0 Å². The molecule has 0 aliphatic rings. The van der Waals surface area contributed by atoms with Crippen molar-refractivity contribution in [2.75, 3.05) is 19.0 Å². The van der Waals surface area contributed by atoms with Crippen LogP contribution in [0.1, 0.15) is 38.0 Å². The molecule has 2 heterocycles. The summed E-state index contributed by atoms with van der Waals surface area (Å²) in [5, 5.41) is 13.9. The van der Waals surface area contributed by atoms with Crippen LogP contribution < -0.4 is 10.1 Å². The van der Waals surface area contributed by atoms with Gasteiger partial charge < -0.3 is 15.2 Å². The first-order valence-electron chi connectivity index (χ1n) is 9.42. The van der Waals surface area contributed by atoms with Gasteiger partial charge in [0.1, 0.15) is 10.5 Å². The highest BCUT2D eigenvalue weighted by molar-refractivity contribution is 7.99. The van der Waals surface area contributed by atoms with Crippen molar-refractivity contribution in [3.8, 4) is 5.19 Å². The van der Waals surface area contributed by atoms with Crippen molar-refractivity contribution in [3.63, 3.8) is 0 Å². The van der Waals surface area contributed by atoms with Gasteiger partial charge in [0.05, 0.1) is 19.8 Å². The molecule has 1 aromatic carbocycles. The highest BCUT2D eigenvalue weighted by Crippen LogP contribution is 2.38. The fourth-order valence-corrected chi connectivity index (χ4v) is 4.68. The summed E-state index contributed by atoms with van der Waals surface area (Å²) in [6.07, 6.45) is 0.798. The number of ether oxygens (including phenoxy) is 1. The molecule has 0 aliphatic carbocycles. The van der Waals surface area contributed by atoms with Crippen LogP contribution in [0.3, 0.4) is 0 Å². The first-order valence-corrected chi connectivity index (χ1v) is 11.1. The number of benzene rings is 1. The number of halogens is 1. The van der Waals surface area contributed by atoms with Crippen LogP contribution in [0.5, 0.6) is 5.19 Å². The highest BCUT2D eigenvalue weighted by atomic mass is 32.2. The molecule has 2 aromatic heterocycles. The molecule has 0 fully saturated rings. The number of nitrogens with one attached hydrogen (secondary N) is 1. The van der Waals surface area contributed by atoms with Gasteiger partial charge in [-0.05, 0) is 25.3 Å². The molecule has 0 bridgehead atoms. The number of rotatable bonds is 9. The second-order valence-electron chi connectivity index (χ2n) is 7.13. The Hall–Kier alpha value is -1.97. The van der Waals surface area contributed by atoms with Crippen LogP contribution in [-0.2, 0) is 0 Å². The monoisotopic (exact) mass is 436 g/mol. The van der Waals surface area contributed by atoms with E-state index < -0.39 is 0 Å². The molecule has 0 saturated heterocycles. The Morgan fingerprint density at radius 2 is 1.97 bits per heavy atom. The third kappa shape index (κ3) is 5.34. The van der Waals surface area contributed by atoms with Crippen LogP contribution in [-0.4, -0.2) is 39.8 Å². The summed E-state index contributed by atoms with van der Waals surface area (Å²) in [6.45, 7) is 6.12. The summed E-state index contributed by atoms with van der Waals surface area (Å²) in [6, 6.07) is 6.57. The second-order valence-corrected chi connectivity index (χ2v) is 9.40. The number of fused-ring (bicyclic) bond motifs is 1. The van der Waals surface area contributed by atoms with Crippen molar-refractivity contribution < 1.29 is 14.2 Å². The van der Waals surface area contributed by atoms with Crippen LogP contribution >= 0.6 is 23.1 Å². The zero-order chi connectivity index (χ0) is 21.0. The normalized spacial score (nSPS) is 13.6. The average Bonchev–Trinajstić information content (AvgIpc) is 3.10. The van der Waals surface area contributed by atoms with Gasteiger partial charge >= 0.3 is 0 Å². The first-order chi connectivity index (χ1) is 13.9. The topological polar surface area (TPSA) is 80.2 Å². The van der Waals surface area contributed by atoms with Crippen molar-refractivity contribution in [2.45, 2.75) is 43.6 Å².